The standard InChI is InChI=1S/C7H12F3N3O2/c1-6(2,5(11)13-15)12-4(14)3-7(8,9)10/h15H,3H2,1-2H3,(H2,11,13)(H,12,14). The van der Waals surface area contributed by atoms with Crippen LogP contribution in [-0.2, 0) is 4.79 Å². The molecule has 8 heteroatoms. The summed E-state index contributed by atoms with van der Waals surface area (Å²) in [6.07, 6.45) is -6.18. The molecular formula is C7H12F3N3O2. The van der Waals surface area contributed by atoms with Crippen LogP contribution in [0.2, 0.25) is 0 Å². The average molecular weight is 227 g/mol. The molecule has 0 saturated carbocycles. The Hall–Kier alpha value is -1.47. The van der Waals surface area contributed by atoms with Crippen molar-refractivity contribution in [2.75, 3.05) is 0 Å². The van der Waals surface area contributed by atoms with Gasteiger partial charge in [-0.25, -0.2) is 0 Å². The maximum atomic E-state index is 11.8. The number of nitrogens with zero attached hydrogens (tertiary/aromatic N) is 1. The first-order valence-corrected chi connectivity index (χ1v) is 3.94. The molecule has 0 aromatic carbocycles. The van der Waals surface area contributed by atoms with Crippen LogP contribution in [0.4, 0.5) is 13.2 Å². The molecule has 0 atom stereocenters. The third-order valence-corrected chi connectivity index (χ3v) is 1.56. The summed E-state index contributed by atoms with van der Waals surface area (Å²) in [5.74, 6) is -1.61. The van der Waals surface area contributed by atoms with Crippen LogP contribution in [-0.4, -0.2) is 28.7 Å². The molecule has 0 saturated heterocycles. The van der Waals surface area contributed by atoms with Crippen LogP contribution in [0.1, 0.15) is 20.3 Å². The first kappa shape index (κ1) is 13.5. The van der Waals surface area contributed by atoms with Gasteiger partial charge in [-0.2, -0.15) is 13.2 Å². The number of nitrogens with one attached hydrogen (secondary N) is 1. The Balaban J connectivity index is 4.42. The molecule has 0 aliphatic carbocycles. The van der Waals surface area contributed by atoms with Crippen LogP contribution in [0, 0.1) is 0 Å². The number of halogens is 3. The van der Waals surface area contributed by atoms with Crippen LogP contribution in [0.3, 0.4) is 0 Å². The first-order chi connectivity index (χ1) is 6.58. The summed E-state index contributed by atoms with van der Waals surface area (Å²) in [5, 5.41) is 12.9. The molecule has 15 heavy (non-hydrogen) atoms. The van der Waals surface area contributed by atoms with Gasteiger partial charge in [0.05, 0.1) is 5.54 Å². The highest BCUT2D eigenvalue weighted by atomic mass is 19.4. The Labute approximate surface area is 84.1 Å². The molecule has 0 spiro atoms. The second-order valence-corrected chi connectivity index (χ2v) is 3.45. The summed E-state index contributed by atoms with van der Waals surface area (Å²) < 4.78 is 35.4. The van der Waals surface area contributed by atoms with Gasteiger partial charge in [0.1, 0.15) is 6.42 Å². The number of carbonyl (C=O) groups excluding carboxylic acids is 1. The lowest BCUT2D eigenvalue weighted by Gasteiger charge is -2.24. The van der Waals surface area contributed by atoms with Gasteiger partial charge in [-0.3, -0.25) is 4.79 Å². The maximum Gasteiger partial charge on any atom is 0.397 e. The highest BCUT2D eigenvalue weighted by Gasteiger charge is 2.34. The van der Waals surface area contributed by atoms with Gasteiger partial charge in [0.15, 0.2) is 5.84 Å². The van der Waals surface area contributed by atoms with Gasteiger partial charge in [-0.05, 0) is 13.8 Å². The summed E-state index contributed by atoms with van der Waals surface area (Å²) in [5.41, 5.74) is 3.84. The summed E-state index contributed by atoms with van der Waals surface area (Å²) >= 11 is 0. The zero-order valence-corrected chi connectivity index (χ0v) is 8.22. The smallest absolute Gasteiger partial charge is 0.397 e. The normalized spacial score (nSPS) is 13.8. The molecule has 0 aliphatic heterocycles. The second-order valence-electron chi connectivity index (χ2n) is 3.45. The summed E-state index contributed by atoms with van der Waals surface area (Å²) in [6, 6.07) is 0. The van der Waals surface area contributed by atoms with Crippen molar-refractivity contribution in [1.29, 1.82) is 0 Å². The lowest BCUT2D eigenvalue weighted by Crippen LogP contribution is -2.53. The Bertz CT molecular complexity index is 273. The molecule has 0 aliphatic rings. The largest absolute Gasteiger partial charge is 0.409 e. The quantitative estimate of drug-likeness (QED) is 0.285. The molecule has 0 aromatic heterocycles. The number of hydrogen-bond acceptors (Lipinski definition) is 3. The summed E-state index contributed by atoms with van der Waals surface area (Å²) in [4.78, 5) is 10.9. The molecule has 0 fully saturated rings. The van der Waals surface area contributed by atoms with Crippen LogP contribution in [0.15, 0.2) is 5.16 Å². The number of hydrogen-bond donors (Lipinski definition) is 3. The predicted octanol–water partition coefficient (Wildman–Crippen LogP) is 0.580. The number of amidine groups is 1. The fraction of sp³-hybridized carbons (Fsp3) is 0.714. The minimum atomic E-state index is -4.58. The van der Waals surface area contributed by atoms with E-state index < -0.39 is 24.0 Å². The zero-order valence-electron chi connectivity index (χ0n) is 8.22. The fourth-order valence-corrected chi connectivity index (χ4v) is 0.764. The number of carbonyl (C=O) groups is 1. The van der Waals surface area contributed by atoms with Gasteiger partial charge in [-0.1, -0.05) is 5.16 Å². The SMILES string of the molecule is CC(C)(NC(=O)CC(F)(F)F)/C(N)=N/O. The van der Waals surface area contributed by atoms with E-state index in [-0.39, 0.29) is 5.84 Å². The fourth-order valence-electron chi connectivity index (χ4n) is 0.764. The molecule has 1 amide bonds. The molecule has 4 N–H and O–H groups in total. The Kier molecular flexibility index (Phi) is 3.94. The van der Waals surface area contributed by atoms with Crippen molar-refractivity contribution in [3.63, 3.8) is 0 Å². The van der Waals surface area contributed by atoms with E-state index in [4.69, 9.17) is 10.9 Å². The van der Waals surface area contributed by atoms with Gasteiger partial charge in [-0.15, -0.1) is 0 Å². The lowest BCUT2D eigenvalue weighted by molar-refractivity contribution is -0.154. The molecule has 88 valence electrons. The minimum Gasteiger partial charge on any atom is -0.409 e. The molecule has 0 rings (SSSR count). The van der Waals surface area contributed by atoms with Crippen LogP contribution in [0.5, 0.6) is 0 Å². The average Bonchev–Trinajstić information content (AvgIpc) is 1.97. The maximum absolute atomic E-state index is 11.8. The summed E-state index contributed by atoms with van der Waals surface area (Å²) in [7, 11) is 0. The van der Waals surface area contributed by atoms with Crippen LogP contribution in [0.25, 0.3) is 0 Å². The van der Waals surface area contributed by atoms with Gasteiger partial charge in [0.25, 0.3) is 0 Å². The van der Waals surface area contributed by atoms with Crippen molar-refractivity contribution >= 4 is 11.7 Å². The Morgan fingerprint density at radius 2 is 1.93 bits per heavy atom. The lowest BCUT2D eigenvalue weighted by atomic mass is 10.0. The van der Waals surface area contributed by atoms with Crippen LogP contribution >= 0.6 is 0 Å². The number of alkyl halides is 3. The van der Waals surface area contributed by atoms with Crippen molar-refractivity contribution in [2.45, 2.75) is 32.0 Å². The third-order valence-electron chi connectivity index (χ3n) is 1.56. The number of nitrogens with two attached hydrogens (primary N) is 1. The van der Waals surface area contributed by atoms with Crippen LogP contribution < -0.4 is 11.1 Å². The third kappa shape index (κ3) is 5.08. The van der Waals surface area contributed by atoms with E-state index in [1.165, 1.54) is 13.8 Å². The monoisotopic (exact) mass is 227 g/mol. The van der Waals surface area contributed by atoms with Crippen molar-refractivity contribution in [2.24, 2.45) is 10.9 Å². The van der Waals surface area contributed by atoms with Gasteiger partial charge in [0.2, 0.25) is 5.91 Å². The van der Waals surface area contributed by atoms with E-state index in [1.54, 1.807) is 0 Å². The van der Waals surface area contributed by atoms with Crippen molar-refractivity contribution in [3.8, 4) is 0 Å². The van der Waals surface area contributed by atoms with Crippen molar-refractivity contribution < 1.29 is 23.2 Å². The van der Waals surface area contributed by atoms with E-state index in [0.717, 1.165) is 0 Å². The zero-order chi connectivity index (χ0) is 12.3. The predicted molar refractivity (Wildman–Crippen MR) is 46.3 cm³/mol. The van der Waals surface area contributed by atoms with Gasteiger partial charge in [0, 0.05) is 0 Å². The van der Waals surface area contributed by atoms with E-state index in [9.17, 15) is 18.0 Å². The van der Waals surface area contributed by atoms with E-state index in [1.807, 2.05) is 5.32 Å². The number of rotatable bonds is 3. The molecule has 0 bridgehead atoms. The molecule has 0 unspecified atom stereocenters. The second kappa shape index (κ2) is 4.37. The van der Waals surface area contributed by atoms with Crippen molar-refractivity contribution in [1.82, 2.24) is 5.32 Å². The summed E-state index contributed by atoms with van der Waals surface area (Å²) in [6.45, 7) is 2.63. The molecule has 0 radical (unpaired) electrons. The van der Waals surface area contributed by atoms with E-state index in [0.29, 0.717) is 0 Å². The number of oxime groups is 1. The minimum absolute atomic E-state index is 0.377. The first-order valence-electron chi connectivity index (χ1n) is 3.94. The van der Waals surface area contributed by atoms with E-state index in [2.05, 4.69) is 5.16 Å². The molecule has 0 aromatic rings. The molecular weight excluding hydrogens is 215 g/mol. The van der Waals surface area contributed by atoms with Gasteiger partial charge >= 0.3 is 6.18 Å². The Morgan fingerprint density at radius 3 is 2.27 bits per heavy atom. The van der Waals surface area contributed by atoms with E-state index >= 15 is 0 Å². The highest BCUT2D eigenvalue weighted by molar-refractivity contribution is 5.93. The van der Waals surface area contributed by atoms with Gasteiger partial charge < -0.3 is 16.3 Å². The Morgan fingerprint density at radius 1 is 1.47 bits per heavy atom. The molecule has 0 heterocycles. The van der Waals surface area contributed by atoms with Crippen molar-refractivity contribution in [3.05, 3.63) is 0 Å². The topological polar surface area (TPSA) is 87.7 Å². The number of amides is 1. The highest BCUT2D eigenvalue weighted by Crippen LogP contribution is 2.19. The molecule has 5 nitrogen and oxygen atoms in total.